The van der Waals surface area contributed by atoms with E-state index in [1.54, 1.807) is 36.7 Å². The van der Waals surface area contributed by atoms with Crippen molar-refractivity contribution in [2.24, 2.45) is 0 Å². The fraction of sp³-hybridized carbons (Fsp3) is 0.250. The molecule has 1 amide bonds. The highest BCUT2D eigenvalue weighted by Crippen LogP contribution is 2.18. The lowest BCUT2D eigenvalue weighted by Gasteiger charge is -2.08. The van der Waals surface area contributed by atoms with Crippen molar-refractivity contribution in [2.45, 2.75) is 13.3 Å². The predicted molar refractivity (Wildman–Crippen MR) is 85.1 cm³/mol. The van der Waals surface area contributed by atoms with Gasteiger partial charge in [-0.1, -0.05) is 6.07 Å². The van der Waals surface area contributed by atoms with Crippen LogP contribution in [0.25, 0.3) is 0 Å². The van der Waals surface area contributed by atoms with E-state index in [0.29, 0.717) is 25.1 Å². The quantitative estimate of drug-likeness (QED) is 0.888. The Labute approximate surface area is 135 Å². The number of pyridine rings is 1. The fourth-order valence-corrected chi connectivity index (χ4v) is 1.90. The van der Waals surface area contributed by atoms with Crippen LogP contribution >= 0.6 is 12.4 Å². The van der Waals surface area contributed by atoms with Gasteiger partial charge in [0.2, 0.25) is 0 Å². The van der Waals surface area contributed by atoms with Gasteiger partial charge in [0.15, 0.2) is 11.6 Å². The Bertz CT molecular complexity index is 608. The van der Waals surface area contributed by atoms with E-state index in [0.717, 1.165) is 5.56 Å². The molecule has 2 aromatic rings. The molecule has 22 heavy (non-hydrogen) atoms. The summed E-state index contributed by atoms with van der Waals surface area (Å²) in [5, 5.41) is 2.79. The van der Waals surface area contributed by atoms with Crippen molar-refractivity contribution in [1.82, 2.24) is 10.3 Å². The van der Waals surface area contributed by atoms with Crippen molar-refractivity contribution in [3.05, 3.63) is 59.7 Å². The zero-order valence-corrected chi connectivity index (χ0v) is 13.0. The predicted octanol–water partition coefficient (Wildman–Crippen LogP) is 3.01. The fourth-order valence-electron chi connectivity index (χ4n) is 1.90. The van der Waals surface area contributed by atoms with E-state index in [4.69, 9.17) is 4.74 Å². The van der Waals surface area contributed by atoms with Gasteiger partial charge in [-0.3, -0.25) is 9.78 Å². The van der Waals surface area contributed by atoms with Gasteiger partial charge < -0.3 is 10.1 Å². The molecule has 2 rings (SSSR count). The zero-order chi connectivity index (χ0) is 15.1. The first-order valence-corrected chi connectivity index (χ1v) is 6.80. The van der Waals surface area contributed by atoms with Gasteiger partial charge >= 0.3 is 0 Å². The lowest BCUT2D eigenvalue weighted by Crippen LogP contribution is -2.25. The van der Waals surface area contributed by atoms with Gasteiger partial charge in [-0.2, -0.15) is 0 Å². The highest BCUT2D eigenvalue weighted by Gasteiger charge is 2.06. The highest BCUT2D eigenvalue weighted by molar-refractivity contribution is 5.93. The molecule has 6 heteroatoms. The first-order valence-electron chi connectivity index (χ1n) is 6.80. The summed E-state index contributed by atoms with van der Waals surface area (Å²) in [7, 11) is 0. The van der Waals surface area contributed by atoms with Crippen LogP contribution in [0.4, 0.5) is 4.39 Å². The van der Waals surface area contributed by atoms with Crippen molar-refractivity contribution in [1.29, 1.82) is 0 Å². The first-order chi connectivity index (χ1) is 10.2. The number of rotatable bonds is 6. The maximum absolute atomic E-state index is 13.7. The molecule has 118 valence electrons. The number of carbonyl (C=O) groups is 1. The van der Waals surface area contributed by atoms with Crippen LogP contribution in [-0.2, 0) is 6.42 Å². The molecule has 0 radical (unpaired) electrons. The van der Waals surface area contributed by atoms with Crippen molar-refractivity contribution in [3.63, 3.8) is 0 Å². The van der Waals surface area contributed by atoms with Gasteiger partial charge in [0.25, 0.3) is 5.91 Å². The molecule has 0 aliphatic rings. The smallest absolute Gasteiger partial charge is 0.251 e. The number of ether oxygens (including phenoxy) is 1. The van der Waals surface area contributed by atoms with Crippen LogP contribution in [0.2, 0.25) is 0 Å². The van der Waals surface area contributed by atoms with E-state index in [2.05, 4.69) is 10.3 Å². The standard InChI is InChI=1S/C16H17FN2O2.ClH/c1-2-21-15-4-3-12(11-14(15)17)5-10-19-16(20)13-6-8-18-9-7-13;/h3-4,6-9,11H,2,5,10H2,1H3,(H,19,20);1H. The number of aromatic nitrogens is 1. The third-order valence-electron chi connectivity index (χ3n) is 2.94. The van der Waals surface area contributed by atoms with Gasteiger partial charge in [0.05, 0.1) is 6.61 Å². The molecule has 0 aliphatic carbocycles. The molecule has 0 unspecified atom stereocenters. The number of benzene rings is 1. The Morgan fingerprint density at radius 2 is 2.00 bits per heavy atom. The van der Waals surface area contributed by atoms with Crippen molar-refractivity contribution < 1.29 is 13.9 Å². The number of nitrogens with zero attached hydrogens (tertiary/aromatic N) is 1. The molecule has 4 nitrogen and oxygen atoms in total. The zero-order valence-electron chi connectivity index (χ0n) is 12.2. The number of halogens is 2. The van der Waals surface area contributed by atoms with Crippen LogP contribution < -0.4 is 10.1 Å². The molecule has 1 N–H and O–H groups in total. The number of hydrogen-bond donors (Lipinski definition) is 1. The van der Waals surface area contributed by atoms with Gasteiger partial charge in [-0.15, -0.1) is 12.4 Å². The molecular formula is C16H18ClFN2O2. The summed E-state index contributed by atoms with van der Waals surface area (Å²) in [6.45, 7) is 2.68. The van der Waals surface area contributed by atoms with Gasteiger partial charge in [-0.25, -0.2) is 4.39 Å². The topological polar surface area (TPSA) is 51.2 Å². The Kier molecular flexibility index (Phi) is 7.32. The Morgan fingerprint density at radius 3 is 2.64 bits per heavy atom. The lowest BCUT2D eigenvalue weighted by molar-refractivity contribution is 0.0954. The molecular weight excluding hydrogens is 307 g/mol. The van der Waals surface area contributed by atoms with E-state index in [9.17, 15) is 9.18 Å². The summed E-state index contributed by atoms with van der Waals surface area (Å²) in [5.74, 6) is -0.291. The Balaban J connectivity index is 0.00000242. The average molecular weight is 325 g/mol. The molecule has 0 bridgehead atoms. The Morgan fingerprint density at radius 1 is 1.27 bits per heavy atom. The van der Waals surface area contributed by atoms with Gasteiger partial charge in [0.1, 0.15) is 0 Å². The normalized spacial score (nSPS) is 9.73. The first kappa shape index (κ1) is 17.9. The minimum absolute atomic E-state index is 0. The summed E-state index contributed by atoms with van der Waals surface area (Å²) in [6.07, 6.45) is 3.69. The molecule has 1 aromatic heterocycles. The van der Waals surface area contributed by atoms with Crippen molar-refractivity contribution >= 4 is 18.3 Å². The number of amides is 1. The van der Waals surface area contributed by atoms with Crippen molar-refractivity contribution in [2.75, 3.05) is 13.2 Å². The van der Waals surface area contributed by atoms with Gasteiger partial charge in [-0.05, 0) is 43.2 Å². The summed E-state index contributed by atoms with van der Waals surface area (Å²) < 4.78 is 18.8. The highest BCUT2D eigenvalue weighted by atomic mass is 35.5. The molecule has 0 saturated carbocycles. The SMILES string of the molecule is CCOc1ccc(CCNC(=O)c2ccncc2)cc1F.Cl. The average Bonchev–Trinajstić information content (AvgIpc) is 2.51. The van der Waals surface area contributed by atoms with Crippen LogP contribution in [0.1, 0.15) is 22.8 Å². The summed E-state index contributed by atoms with van der Waals surface area (Å²) >= 11 is 0. The third kappa shape index (κ3) is 5.00. The molecule has 0 saturated heterocycles. The largest absolute Gasteiger partial charge is 0.491 e. The monoisotopic (exact) mass is 324 g/mol. The lowest BCUT2D eigenvalue weighted by atomic mass is 10.1. The van der Waals surface area contributed by atoms with E-state index in [1.165, 1.54) is 6.07 Å². The van der Waals surface area contributed by atoms with E-state index < -0.39 is 0 Å². The second-order valence-corrected chi connectivity index (χ2v) is 4.44. The van der Waals surface area contributed by atoms with Crippen molar-refractivity contribution in [3.8, 4) is 5.75 Å². The summed E-state index contributed by atoms with van der Waals surface area (Å²) in [6, 6.07) is 8.13. The van der Waals surface area contributed by atoms with Crippen LogP contribution in [0.5, 0.6) is 5.75 Å². The number of nitrogens with one attached hydrogen (secondary N) is 1. The minimum Gasteiger partial charge on any atom is -0.491 e. The molecule has 0 spiro atoms. The van der Waals surface area contributed by atoms with Crippen LogP contribution in [0.15, 0.2) is 42.7 Å². The Hall–Kier alpha value is -2.14. The second-order valence-electron chi connectivity index (χ2n) is 4.44. The molecule has 0 atom stereocenters. The molecule has 1 heterocycles. The number of hydrogen-bond acceptors (Lipinski definition) is 3. The molecule has 0 fully saturated rings. The summed E-state index contributed by atoms with van der Waals surface area (Å²) in [5.41, 5.74) is 1.37. The molecule has 0 aliphatic heterocycles. The van der Waals surface area contributed by atoms with Gasteiger partial charge in [0, 0.05) is 24.5 Å². The minimum atomic E-state index is -0.380. The van der Waals surface area contributed by atoms with E-state index >= 15 is 0 Å². The van der Waals surface area contributed by atoms with E-state index in [1.807, 2.05) is 6.92 Å². The maximum Gasteiger partial charge on any atom is 0.251 e. The second kappa shape index (κ2) is 9.00. The van der Waals surface area contributed by atoms with E-state index in [-0.39, 0.29) is 29.9 Å². The van der Waals surface area contributed by atoms with Crippen LogP contribution in [0.3, 0.4) is 0 Å². The molecule has 1 aromatic carbocycles. The number of carbonyl (C=O) groups excluding carboxylic acids is 1. The van der Waals surface area contributed by atoms with Crippen LogP contribution in [-0.4, -0.2) is 24.0 Å². The maximum atomic E-state index is 13.7. The third-order valence-corrected chi connectivity index (χ3v) is 2.94. The van der Waals surface area contributed by atoms with Crippen LogP contribution in [0, 0.1) is 5.82 Å². The summed E-state index contributed by atoms with van der Waals surface area (Å²) in [4.78, 5) is 15.7.